The van der Waals surface area contributed by atoms with E-state index in [4.69, 9.17) is 0 Å². The molecule has 0 bridgehead atoms. The summed E-state index contributed by atoms with van der Waals surface area (Å²) >= 11 is 0. The molecule has 0 saturated carbocycles. The molecule has 2 aromatic heterocycles. The second kappa shape index (κ2) is 6.27. The van der Waals surface area contributed by atoms with Gasteiger partial charge in [0.1, 0.15) is 17.3 Å². The Morgan fingerprint density at radius 1 is 1.36 bits per heavy atom. The van der Waals surface area contributed by atoms with Crippen molar-refractivity contribution in [2.45, 2.75) is 12.7 Å². The highest BCUT2D eigenvalue weighted by molar-refractivity contribution is 7.90. The van der Waals surface area contributed by atoms with E-state index in [9.17, 15) is 13.2 Å². The average molecular weight is 322 g/mol. The molecular weight excluding hydrogens is 304 g/mol. The van der Waals surface area contributed by atoms with Crippen LogP contribution < -0.4 is 4.90 Å². The quantitative estimate of drug-likeness (QED) is 0.820. The maximum atomic E-state index is 12.5. The smallest absolute Gasteiger partial charge is 0.276 e. The highest BCUT2D eigenvalue weighted by atomic mass is 32.2. The summed E-state index contributed by atoms with van der Waals surface area (Å²) in [6.07, 6.45) is 4.60. The fourth-order valence-electron chi connectivity index (χ4n) is 1.92. The lowest BCUT2D eigenvalue weighted by Crippen LogP contribution is -2.28. The Kier molecular flexibility index (Phi) is 4.60. The first-order valence-corrected chi connectivity index (χ1v) is 8.57. The number of anilines is 1. The normalized spacial score (nSPS) is 11.4. The number of pyridine rings is 1. The fourth-order valence-corrected chi connectivity index (χ4v) is 2.79. The van der Waals surface area contributed by atoms with E-state index in [0.29, 0.717) is 17.2 Å². The van der Waals surface area contributed by atoms with E-state index in [0.717, 1.165) is 0 Å². The number of imidazole rings is 1. The Morgan fingerprint density at radius 2 is 2.09 bits per heavy atom. The van der Waals surface area contributed by atoms with Crippen LogP contribution in [0.15, 0.2) is 30.7 Å². The zero-order valence-electron chi connectivity index (χ0n) is 12.7. The van der Waals surface area contributed by atoms with Crippen molar-refractivity contribution in [2.24, 2.45) is 7.05 Å². The van der Waals surface area contributed by atoms with Crippen molar-refractivity contribution in [1.29, 1.82) is 0 Å². The highest BCUT2D eigenvalue weighted by Gasteiger charge is 2.21. The van der Waals surface area contributed by atoms with Crippen LogP contribution in [0.4, 0.5) is 5.69 Å². The Balaban J connectivity index is 2.27. The van der Waals surface area contributed by atoms with Crippen LogP contribution in [0, 0.1) is 0 Å². The van der Waals surface area contributed by atoms with Gasteiger partial charge in [-0.1, -0.05) is 6.92 Å². The number of rotatable bonds is 5. The third kappa shape index (κ3) is 3.33. The van der Waals surface area contributed by atoms with E-state index >= 15 is 0 Å². The largest absolute Gasteiger partial charge is 0.326 e. The van der Waals surface area contributed by atoms with Crippen molar-refractivity contribution >= 4 is 21.4 Å². The predicted molar refractivity (Wildman–Crippen MR) is 83.3 cm³/mol. The van der Waals surface area contributed by atoms with Crippen LogP contribution in [0.25, 0.3) is 0 Å². The molecular formula is C14H18N4O3S. The molecule has 0 aliphatic rings. The SMILES string of the molecule is CCS(=O)(=O)Cc1ncc(C(=O)N(C)c2cccnc2)n1C. The van der Waals surface area contributed by atoms with E-state index in [1.54, 1.807) is 45.5 Å². The molecule has 0 aliphatic heterocycles. The standard InChI is InChI=1S/C14H18N4O3S/c1-4-22(20,21)10-13-16-9-12(18(13)3)14(19)17(2)11-6-5-7-15-8-11/h5-9H,4,10H2,1-3H3. The Bertz CT molecular complexity index is 769. The minimum atomic E-state index is -3.20. The minimum absolute atomic E-state index is 0.0404. The van der Waals surface area contributed by atoms with Crippen molar-refractivity contribution in [1.82, 2.24) is 14.5 Å². The van der Waals surface area contributed by atoms with E-state index < -0.39 is 9.84 Å². The molecule has 0 aromatic carbocycles. The summed E-state index contributed by atoms with van der Waals surface area (Å²) in [5, 5.41) is 0. The molecule has 0 fully saturated rings. The van der Waals surface area contributed by atoms with Crippen LogP contribution >= 0.6 is 0 Å². The molecule has 2 aromatic rings. The van der Waals surface area contributed by atoms with Gasteiger partial charge in [0, 0.05) is 26.0 Å². The third-order valence-electron chi connectivity index (χ3n) is 3.43. The van der Waals surface area contributed by atoms with E-state index in [1.807, 2.05) is 0 Å². The maximum absolute atomic E-state index is 12.5. The van der Waals surface area contributed by atoms with Gasteiger partial charge in [0.15, 0.2) is 9.84 Å². The lowest BCUT2D eigenvalue weighted by Gasteiger charge is -2.17. The summed E-state index contributed by atoms with van der Waals surface area (Å²) < 4.78 is 24.9. The van der Waals surface area contributed by atoms with E-state index in [1.165, 1.54) is 15.7 Å². The molecule has 0 aliphatic carbocycles. The number of hydrogen-bond acceptors (Lipinski definition) is 5. The molecule has 22 heavy (non-hydrogen) atoms. The number of amides is 1. The summed E-state index contributed by atoms with van der Waals surface area (Å²) in [6, 6.07) is 3.51. The number of nitrogens with zero attached hydrogens (tertiary/aromatic N) is 4. The summed E-state index contributed by atoms with van der Waals surface area (Å²) in [4.78, 5) is 22.0. The van der Waals surface area contributed by atoms with Crippen molar-refractivity contribution in [3.8, 4) is 0 Å². The highest BCUT2D eigenvalue weighted by Crippen LogP contribution is 2.15. The molecule has 118 valence electrons. The van der Waals surface area contributed by atoms with Crippen molar-refractivity contribution in [3.05, 3.63) is 42.2 Å². The molecule has 7 nitrogen and oxygen atoms in total. The molecule has 0 atom stereocenters. The number of hydrogen-bond donors (Lipinski definition) is 0. The van der Waals surface area contributed by atoms with Crippen LogP contribution in [0.1, 0.15) is 23.2 Å². The first kappa shape index (κ1) is 16.2. The average Bonchev–Trinajstić information content (AvgIpc) is 2.87. The molecule has 0 N–H and O–H groups in total. The van der Waals surface area contributed by atoms with Gasteiger partial charge in [0.25, 0.3) is 5.91 Å². The summed E-state index contributed by atoms with van der Waals surface area (Å²) in [7, 11) is 0.0724. The zero-order chi connectivity index (χ0) is 16.3. The van der Waals surface area contributed by atoms with Gasteiger partial charge in [-0.2, -0.15) is 0 Å². The van der Waals surface area contributed by atoms with E-state index in [-0.39, 0.29) is 17.4 Å². The van der Waals surface area contributed by atoms with Crippen LogP contribution in [0.2, 0.25) is 0 Å². The van der Waals surface area contributed by atoms with Gasteiger partial charge in [-0.3, -0.25) is 9.78 Å². The molecule has 0 saturated heterocycles. The van der Waals surface area contributed by atoms with E-state index in [2.05, 4.69) is 9.97 Å². The molecule has 0 spiro atoms. The monoisotopic (exact) mass is 322 g/mol. The second-order valence-electron chi connectivity index (χ2n) is 4.87. The number of carbonyl (C=O) groups excluding carboxylic acids is 1. The predicted octanol–water partition coefficient (Wildman–Crippen LogP) is 1.03. The molecule has 0 unspecified atom stereocenters. The number of aromatic nitrogens is 3. The van der Waals surface area contributed by atoms with Gasteiger partial charge in [0.05, 0.1) is 18.1 Å². The fraction of sp³-hybridized carbons (Fsp3) is 0.357. The van der Waals surface area contributed by atoms with Gasteiger partial charge in [-0.25, -0.2) is 13.4 Å². The molecule has 2 rings (SSSR count). The molecule has 0 radical (unpaired) electrons. The molecule has 2 heterocycles. The first-order valence-electron chi connectivity index (χ1n) is 6.75. The number of carbonyl (C=O) groups is 1. The van der Waals surface area contributed by atoms with Gasteiger partial charge in [0.2, 0.25) is 0 Å². The van der Waals surface area contributed by atoms with Gasteiger partial charge < -0.3 is 9.47 Å². The van der Waals surface area contributed by atoms with Crippen molar-refractivity contribution < 1.29 is 13.2 Å². The van der Waals surface area contributed by atoms with Crippen LogP contribution in [0.5, 0.6) is 0 Å². The van der Waals surface area contributed by atoms with Crippen molar-refractivity contribution in [3.63, 3.8) is 0 Å². The third-order valence-corrected chi connectivity index (χ3v) is 5.01. The summed E-state index contributed by atoms with van der Waals surface area (Å²) in [5.74, 6) is -0.0595. The Hall–Kier alpha value is -2.22. The zero-order valence-corrected chi connectivity index (χ0v) is 13.5. The lowest BCUT2D eigenvalue weighted by molar-refractivity contribution is 0.0985. The maximum Gasteiger partial charge on any atom is 0.276 e. The Morgan fingerprint density at radius 3 is 2.68 bits per heavy atom. The topological polar surface area (TPSA) is 85.2 Å². The second-order valence-corrected chi connectivity index (χ2v) is 7.22. The van der Waals surface area contributed by atoms with Gasteiger partial charge in [-0.05, 0) is 12.1 Å². The van der Waals surface area contributed by atoms with Crippen LogP contribution in [-0.2, 0) is 22.6 Å². The van der Waals surface area contributed by atoms with Crippen LogP contribution in [0.3, 0.4) is 0 Å². The van der Waals surface area contributed by atoms with Gasteiger partial charge in [-0.15, -0.1) is 0 Å². The molecule has 1 amide bonds. The lowest BCUT2D eigenvalue weighted by atomic mass is 10.3. The minimum Gasteiger partial charge on any atom is -0.326 e. The van der Waals surface area contributed by atoms with Gasteiger partial charge >= 0.3 is 0 Å². The van der Waals surface area contributed by atoms with Crippen LogP contribution in [-0.4, -0.2) is 41.7 Å². The Labute approximate surface area is 129 Å². The van der Waals surface area contributed by atoms with Crippen molar-refractivity contribution in [2.75, 3.05) is 17.7 Å². The summed E-state index contributed by atoms with van der Waals surface area (Å²) in [5.41, 5.74) is 0.976. The number of sulfone groups is 1. The first-order chi connectivity index (χ1) is 10.4. The molecule has 8 heteroatoms. The summed E-state index contributed by atoms with van der Waals surface area (Å²) in [6.45, 7) is 1.58.